The monoisotopic (exact) mass is 339 g/mol. The number of aromatic nitrogens is 2. The number of hydrogen-bond acceptors (Lipinski definition) is 3. The second-order valence-corrected chi connectivity index (χ2v) is 6.68. The predicted octanol–water partition coefficient (Wildman–Crippen LogP) is 2.00. The van der Waals surface area contributed by atoms with Crippen LogP contribution in [0.25, 0.3) is 0 Å². The highest BCUT2D eigenvalue weighted by molar-refractivity contribution is 5.95. The molecule has 7 nitrogen and oxygen atoms in total. The summed E-state index contributed by atoms with van der Waals surface area (Å²) >= 11 is 0. The van der Waals surface area contributed by atoms with Gasteiger partial charge < -0.3 is 15.5 Å². The Labute approximate surface area is 145 Å². The van der Waals surface area contributed by atoms with Crippen molar-refractivity contribution in [2.24, 2.45) is 0 Å². The van der Waals surface area contributed by atoms with Crippen LogP contribution in [0.1, 0.15) is 30.2 Å². The number of aromatic amines is 1. The number of amides is 3. The van der Waals surface area contributed by atoms with Gasteiger partial charge >= 0.3 is 6.03 Å². The molecular weight excluding hydrogens is 318 g/mol. The molecule has 1 atom stereocenters. The summed E-state index contributed by atoms with van der Waals surface area (Å²) in [5.41, 5.74) is 5.13. The van der Waals surface area contributed by atoms with Gasteiger partial charge in [0, 0.05) is 43.0 Å². The maximum Gasteiger partial charge on any atom is 0.319 e. The lowest BCUT2D eigenvalue weighted by atomic mass is 9.94. The Morgan fingerprint density at radius 3 is 3.00 bits per heavy atom. The lowest BCUT2D eigenvalue weighted by molar-refractivity contribution is -0.116. The fourth-order valence-electron chi connectivity index (χ4n) is 3.69. The molecule has 1 aliphatic heterocycles. The van der Waals surface area contributed by atoms with E-state index in [-0.39, 0.29) is 18.0 Å². The highest BCUT2D eigenvalue weighted by Crippen LogP contribution is 2.30. The van der Waals surface area contributed by atoms with E-state index in [1.54, 1.807) is 11.8 Å². The van der Waals surface area contributed by atoms with Crippen molar-refractivity contribution in [3.63, 3.8) is 0 Å². The Morgan fingerprint density at radius 2 is 2.16 bits per heavy atom. The van der Waals surface area contributed by atoms with Crippen LogP contribution < -0.4 is 15.5 Å². The van der Waals surface area contributed by atoms with Gasteiger partial charge in [-0.25, -0.2) is 4.79 Å². The van der Waals surface area contributed by atoms with Gasteiger partial charge in [-0.05, 0) is 48.6 Å². The number of nitrogens with zero attached hydrogens (tertiary/aromatic N) is 2. The van der Waals surface area contributed by atoms with E-state index in [0.717, 1.165) is 48.3 Å². The molecule has 0 fully saturated rings. The van der Waals surface area contributed by atoms with Crippen LogP contribution in [0.4, 0.5) is 16.2 Å². The van der Waals surface area contributed by atoms with Crippen LogP contribution in [0.5, 0.6) is 0 Å². The first-order chi connectivity index (χ1) is 12.1. The molecule has 1 aliphatic carbocycles. The third-order valence-corrected chi connectivity index (χ3v) is 4.97. The number of carbonyl (C=O) groups is 2. The van der Waals surface area contributed by atoms with Crippen molar-refractivity contribution in [2.75, 3.05) is 16.8 Å². The lowest BCUT2D eigenvalue weighted by Crippen LogP contribution is -2.41. The van der Waals surface area contributed by atoms with Gasteiger partial charge in [-0.1, -0.05) is 0 Å². The number of carbonyl (C=O) groups excluding carboxylic acids is 2. The first-order valence-corrected chi connectivity index (χ1v) is 8.60. The summed E-state index contributed by atoms with van der Waals surface area (Å²) in [6.07, 6.45) is 5.30. The molecule has 0 saturated carbocycles. The molecule has 2 aliphatic rings. The number of benzene rings is 1. The van der Waals surface area contributed by atoms with E-state index in [1.165, 1.54) is 5.56 Å². The SMILES string of the molecule is CC(=O)N1CCc2cc(NC(=O)NC3CCc4cn[nH]c4C3)ccc21. The van der Waals surface area contributed by atoms with E-state index in [2.05, 4.69) is 20.8 Å². The molecule has 2 aromatic rings. The van der Waals surface area contributed by atoms with E-state index in [4.69, 9.17) is 0 Å². The Kier molecular flexibility index (Phi) is 3.91. The molecule has 1 unspecified atom stereocenters. The zero-order valence-corrected chi connectivity index (χ0v) is 14.1. The van der Waals surface area contributed by atoms with Gasteiger partial charge in [0.15, 0.2) is 0 Å². The Morgan fingerprint density at radius 1 is 1.28 bits per heavy atom. The summed E-state index contributed by atoms with van der Waals surface area (Å²) in [7, 11) is 0. The third-order valence-electron chi connectivity index (χ3n) is 4.97. The molecule has 0 radical (unpaired) electrons. The second-order valence-electron chi connectivity index (χ2n) is 6.68. The molecule has 1 aromatic heterocycles. The molecule has 0 spiro atoms. The number of anilines is 2. The van der Waals surface area contributed by atoms with Crippen molar-refractivity contribution in [2.45, 2.75) is 38.6 Å². The van der Waals surface area contributed by atoms with Crippen LogP contribution >= 0.6 is 0 Å². The molecule has 7 heteroatoms. The minimum Gasteiger partial charge on any atom is -0.335 e. The van der Waals surface area contributed by atoms with Crippen LogP contribution in [0.2, 0.25) is 0 Å². The summed E-state index contributed by atoms with van der Waals surface area (Å²) in [6, 6.07) is 5.60. The maximum absolute atomic E-state index is 12.3. The van der Waals surface area contributed by atoms with E-state index in [1.807, 2.05) is 24.4 Å². The van der Waals surface area contributed by atoms with Crippen molar-refractivity contribution >= 4 is 23.3 Å². The molecule has 0 bridgehead atoms. The minimum absolute atomic E-state index is 0.0488. The summed E-state index contributed by atoms with van der Waals surface area (Å²) in [5.74, 6) is 0.0488. The molecule has 1 aromatic carbocycles. The highest BCUT2D eigenvalue weighted by Gasteiger charge is 2.23. The van der Waals surface area contributed by atoms with Gasteiger partial charge in [-0.2, -0.15) is 5.10 Å². The average Bonchev–Trinajstić information content (AvgIpc) is 3.20. The predicted molar refractivity (Wildman–Crippen MR) is 94.7 cm³/mol. The smallest absolute Gasteiger partial charge is 0.319 e. The number of hydrogen-bond donors (Lipinski definition) is 3. The van der Waals surface area contributed by atoms with E-state index >= 15 is 0 Å². The van der Waals surface area contributed by atoms with Crippen molar-refractivity contribution in [3.8, 4) is 0 Å². The zero-order chi connectivity index (χ0) is 17.4. The largest absolute Gasteiger partial charge is 0.335 e. The molecule has 0 saturated heterocycles. The Balaban J connectivity index is 1.38. The van der Waals surface area contributed by atoms with Gasteiger partial charge in [-0.3, -0.25) is 9.89 Å². The summed E-state index contributed by atoms with van der Waals surface area (Å²) in [5, 5.41) is 13.0. The fourth-order valence-corrected chi connectivity index (χ4v) is 3.69. The van der Waals surface area contributed by atoms with Crippen LogP contribution in [0.3, 0.4) is 0 Å². The first kappa shape index (κ1) is 15.7. The molecule has 4 rings (SSSR count). The van der Waals surface area contributed by atoms with Crippen molar-refractivity contribution in [1.29, 1.82) is 0 Å². The number of nitrogens with one attached hydrogen (secondary N) is 3. The number of fused-ring (bicyclic) bond motifs is 2. The molecule has 3 N–H and O–H groups in total. The fraction of sp³-hybridized carbons (Fsp3) is 0.389. The Bertz CT molecular complexity index is 829. The average molecular weight is 339 g/mol. The quantitative estimate of drug-likeness (QED) is 0.782. The highest BCUT2D eigenvalue weighted by atomic mass is 16.2. The van der Waals surface area contributed by atoms with Gasteiger partial charge in [-0.15, -0.1) is 0 Å². The molecular formula is C18H21N5O2. The van der Waals surface area contributed by atoms with Crippen molar-refractivity contribution in [3.05, 3.63) is 41.2 Å². The topological polar surface area (TPSA) is 90.1 Å². The van der Waals surface area contributed by atoms with Gasteiger partial charge in [0.2, 0.25) is 5.91 Å². The summed E-state index contributed by atoms with van der Waals surface area (Å²) in [6.45, 7) is 2.28. The van der Waals surface area contributed by atoms with Crippen LogP contribution in [0, 0.1) is 0 Å². The molecule has 3 amide bonds. The van der Waals surface area contributed by atoms with Crippen LogP contribution in [-0.2, 0) is 24.1 Å². The molecule has 25 heavy (non-hydrogen) atoms. The van der Waals surface area contributed by atoms with Gasteiger partial charge in [0.1, 0.15) is 0 Å². The third kappa shape index (κ3) is 3.09. The summed E-state index contributed by atoms with van der Waals surface area (Å²) in [4.78, 5) is 25.7. The summed E-state index contributed by atoms with van der Waals surface area (Å²) < 4.78 is 0. The maximum atomic E-state index is 12.3. The minimum atomic E-state index is -0.200. The number of rotatable bonds is 2. The van der Waals surface area contributed by atoms with E-state index in [9.17, 15) is 9.59 Å². The number of aryl methyl sites for hydroxylation is 1. The standard InChI is InChI=1S/C18H21N5O2/c1-11(24)23-7-6-12-8-14(4-5-17(12)23)20-18(25)21-15-3-2-13-10-19-22-16(13)9-15/h4-5,8,10,15H,2-3,6-7,9H2,1H3,(H,19,22)(H2,20,21,25). The lowest BCUT2D eigenvalue weighted by Gasteiger charge is -2.23. The van der Waals surface area contributed by atoms with Crippen molar-refractivity contribution < 1.29 is 9.59 Å². The van der Waals surface area contributed by atoms with Crippen LogP contribution in [-0.4, -0.2) is 34.7 Å². The van der Waals surface area contributed by atoms with Gasteiger partial charge in [0.05, 0.1) is 6.20 Å². The number of H-pyrrole nitrogens is 1. The van der Waals surface area contributed by atoms with E-state index in [0.29, 0.717) is 6.54 Å². The molecule has 130 valence electrons. The normalized spacial score (nSPS) is 18.4. The molecule has 2 heterocycles. The Hall–Kier alpha value is -2.83. The van der Waals surface area contributed by atoms with Crippen molar-refractivity contribution in [1.82, 2.24) is 15.5 Å². The first-order valence-electron chi connectivity index (χ1n) is 8.60. The second kappa shape index (κ2) is 6.23. The van der Waals surface area contributed by atoms with Crippen LogP contribution in [0.15, 0.2) is 24.4 Å². The van der Waals surface area contributed by atoms with E-state index < -0.39 is 0 Å². The zero-order valence-electron chi connectivity index (χ0n) is 14.1. The number of urea groups is 1. The van der Waals surface area contributed by atoms with Gasteiger partial charge in [0.25, 0.3) is 0 Å².